The molecule has 0 unspecified atom stereocenters. The van der Waals surface area contributed by atoms with E-state index in [2.05, 4.69) is 42.4 Å². The number of aryl methyl sites for hydroxylation is 2. The maximum absolute atomic E-state index is 12.9. The number of amides is 1. The summed E-state index contributed by atoms with van der Waals surface area (Å²) >= 11 is 0. The lowest BCUT2D eigenvalue weighted by molar-refractivity contribution is 0.0655. The highest BCUT2D eigenvalue weighted by molar-refractivity contribution is 6.05. The number of carbonyl (C=O) groups is 2. The largest absolute Gasteiger partial charge is 0.447 e. The van der Waals surface area contributed by atoms with E-state index >= 15 is 0 Å². The molecule has 2 aliphatic rings. The number of aromatic nitrogens is 3. The number of ketones is 1. The van der Waals surface area contributed by atoms with Crippen LogP contribution in [-0.2, 0) is 4.74 Å². The number of rotatable bonds is 5. The van der Waals surface area contributed by atoms with E-state index in [1.54, 1.807) is 4.90 Å². The smallest absolute Gasteiger partial charge is 0.410 e. The Balaban J connectivity index is 1.34. The summed E-state index contributed by atoms with van der Waals surface area (Å²) in [6.07, 6.45) is 8.89. The van der Waals surface area contributed by atoms with Gasteiger partial charge in [0.25, 0.3) is 0 Å². The standard InChI is InChI=1S/C31H38N4O3/c1-20(2)38-31(37)34-14-12-25(13-15-34)35-29-17-22(4)27(19-28(29)32-33-35)26-11-10-24(16-21(26)3)30(36)18-23-8-6-5-7-9-23/h10-11,16-20,25H,5-9,12-15H2,1-4H3. The first-order valence-corrected chi connectivity index (χ1v) is 14.0. The van der Waals surface area contributed by atoms with Crippen LogP contribution < -0.4 is 0 Å². The van der Waals surface area contributed by atoms with Gasteiger partial charge in [-0.3, -0.25) is 4.79 Å². The van der Waals surface area contributed by atoms with Crippen molar-refractivity contribution in [1.29, 1.82) is 0 Å². The maximum Gasteiger partial charge on any atom is 0.410 e. The first kappa shape index (κ1) is 26.1. The molecule has 5 rings (SSSR count). The van der Waals surface area contributed by atoms with E-state index < -0.39 is 0 Å². The highest BCUT2D eigenvalue weighted by Crippen LogP contribution is 2.33. The van der Waals surface area contributed by atoms with E-state index in [1.165, 1.54) is 24.8 Å². The normalized spacial score (nSPS) is 16.8. The summed E-state index contributed by atoms with van der Waals surface area (Å²) in [4.78, 5) is 26.9. The SMILES string of the molecule is Cc1cc(C(=O)C=C2CCCCC2)ccc1-c1cc2nnn(C3CCN(C(=O)OC(C)C)CC3)c2cc1C. The van der Waals surface area contributed by atoms with Crippen molar-refractivity contribution in [2.24, 2.45) is 0 Å². The minimum Gasteiger partial charge on any atom is -0.447 e. The predicted molar refractivity (Wildman–Crippen MR) is 149 cm³/mol. The summed E-state index contributed by atoms with van der Waals surface area (Å²) in [6.45, 7) is 9.22. The van der Waals surface area contributed by atoms with Crippen molar-refractivity contribution in [2.45, 2.75) is 84.8 Å². The Hall–Kier alpha value is -3.48. The molecule has 1 aromatic heterocycles. The average molecular weight is 515 g/mol. The second kappa shape index (κ2) is 11.1. The minimum absolute atomic E-state index is 0.107. The van der Waals surface area contributed by atoms with Gasteiger partial charge in [0, 0.05) is 18.7 Å². The van der Waals surface area contributed by atoms with Crippen LogP contribution in [0.2, 0.25) is 0 Å². The molecule has 1 saturated carbocycles. The molecule has 200 valence electrons. The van der Waals surface area contributed by atoms with E-state index in [9.17, 15) is 9.59 Å². The monoisotopic (exact) mass is 514 g/mol. The Labute approximate surface area is 224 Å². The molecule has 7 heteroatoms. The van der Waals surface area contributed by atoms with Crippen LogP contribution in [0.5, 0.6) is 0 Å². The van der Waals surface area contributed by atoms with E-state index in [0.717, 1.165) is 64.5 Å². The van der Waals surface area contributed by atoms with Gasteiger partial charge in [-0.2, -0.15) is 0 Å². The first-order chi connectivity index (χ1) is 18.3. The predicted octanol–water partition coefficient (Wildman–Crippen LogP) is 6.97. The van der Waals surface area contributed by atoms with Crippen LogP contribution in [0.4, 0.5) is 4.79 Å². The molecular weight excluding hydrogens is 476 g/mol. The second-order valence-electron chi connectivity index (χ2n) is 11.1. The van der Waals surface area contributed by atoms with Gasteiger partial charge in [0.1, 0.15) is 5.52 Å². The second-order valence-corrected chi connectivity index (χ2v) is 11.1. The molecule has 0 radical (unpaired) electrons. The molecule has 2 heterocycles. The fourth-order valence-corrected chi connectivity index (χ4v) is 5.76. The lowest BCUT2D eigenvalue weighted by Crippen LogP contribution is -2.40. The molecule has 0 spiro atoms. The maximum atomic E-state index is 12.9. The molecular formula is C31H38N4O3. The fraction of sp³-hybridized carbons (Fsp3) is 0.484. The summed E-state index contributed by atoms with van der Waals surface area (Å²) in [7, 11) is 0. The third-order valence-electron chi connectivity index (χ3n) is 7.85. The van der Waals surface area contributed by atoms with Gasteiger partial charge < -0.3 is 9.64 Å². The van der Waals surface area contributed by atoms with Crippen LogP contribution >= 0.6 is 0 Å². The summed E-state index contributed by atoms with van der Waals surface area (Å²) < 4.78 is 7.37. The molecule has 1 aliphatic carbocycles. The van der Waals surface area contributed by atoms with E-state index in [-0.39, 0.29) is 24.0 Å². The molecule has 3 aromatic rings. The zero-order chi connectivity index (χ0) is 26.8. The lowest BCUT2D eigenvalue weighted by atomic mass is 9.91. The zero-order valence-corrected chi connectivity index (χ0v) is 23.0. The van der Waals surface area contributed by atoms with Gasteiger partial charge in [0.15, 0.2) is 5.78 Å². The third kappa shape index (κ3) is 5.52. The number of piperidine rings is 1. The van der Waals surface area contributed by atoms with Gasteiger partial charge in [0.2, 0.25) is 0 Å². The van der Waals surface area contributed by atoms with Gasteiger partial charge in [-0.25, -0.2) is 9.48 Å². The first-order valence-electron chi connectivity index (χ1n) is 14.0. The lowest BCUT2D eigenvalue weighted by Gasteiger charge is -2.31. The summed E-state index contributed by atoms with van der Waals surface area (Å²) in [6, 6.07) is 10.5. The Morgan fingerprint density at radius 1 is 0.974 bits per heavy atom. The minimum atomic E-state index is -0.240. The molecule has 38 heavy (non-hydrogen) atoms. The highest BCUT2D eigenvalue weighted by Gasteiger charge is 2.27. The van der Waals surface area contributed by atoms with Crippen molar-refractivity contribution in [3.8, 4) is 11.1 Å². The van der Waals surface area contributed by atoms with Crippen molar-refractivity contribution >= 4 is 22.9 Å². The number of nitrogens with zero attached hydrogens (tertiary/aromatic N) is 4. The molecule has 1 saturated heterocycles. The summed E-state index contributed by atoms with van der Waals surface area (Å²) in [5, 5.41) is 9.01. The van der Waals surface area contributed by atoms with Crippen LogP contribution in [0.15, 0.2) is 42.0 Å². The number of hydrogen-bond donors (Lipinski definition) is 0. The van der Waals surface area contributed by atoms with Crippen molar-refractivity contribution in [2.75, 3.05) is 13.1 Å². The molecule has 7 nitrogen and oxygen atoms in total. The zero-order valence-electron chi connectivity index (χ0n) is 23.0. The van der Waals surface area contributed by atoms with Crippen LogP contribution in [0.25, 0.3) is 22.2 Å². The van der Waals surface area contributed by atoms with Gasteiger partial charge >= 0.3 is 6.09 Å². The highest BCUT2D eigenvalue weighted by atomic mass is 16.6. The van der Waals surface area contributed by atoms with Crippen molar-refractivity contribution < 1.29 is 14.3 Å². The van der Waals surface area contributed by atoms with Gasteiger partial charge in [-0.1, -0.05) is 29.3 Å². The number of allylic oxidation sites excluding steroid dienone is 2. The Bertz CT molecular complexity index is 1370. The van der Waals surface area contributed by atoms with Gasteiger partial charge in [0.05, 0.1) is 17.7 Å². The topological polar surface area (TPSA) is 77.3 Å². The van der Waals surface area contributed by atoms with Gasteiger partial charge in [-0.15, -0.1) is 5.10 Å². The molecule has 0 atom stereocenters. The Kier molecular flexibility index (Phi) is 7.63. The van der Waals surface area contributed by atoms with E-state index in [0.29, 0.717) is 13.1 Å². The number of likely N-dealkylation sites (tertiary alicyclic amines) is 1. The molecule has 1 amide bonds. The molecule has 0 bridgehead atoms. The molecule has 1 aliphatic heterocycles. The Morgan fingerprint density at radius 2 is 1.68 bits per heavy atom. The van der Waals surface area contributed by atoms with Gasteiger partial charge in [-0.05, 0) is 113 Å². The average Bonchev–Trinajstić information content (AvgIpc) is 3.31. The number of fused-ring (bicyclic) bond motifs is 1. The molecule has 2 aromatic carbocycles. The molecule has 2 fully saturated rings. The Morgan fingerprint density at radius 3 is 2.37 bits per heavy atom. The number of benzene rings is 2. The van der Waals surface area contributed by atoms with Crippen molar-refractivity contribution in [1.82, 2.24) is 19.9 Å². The van der Waals surface area contributed by atoms with Crippen LogP contribution in [0.3, 0.4) is 0 Å². The van der Waals surface area contributed by atoms with E-state index in [4.69, 9.17) is 4.74 Å². The quantitative estimate of drug-likeness (QED) is 0.271. The number of hydrogen-bond acceptors (Lipinski definition) is 5. The number of ether oxygens (including phenoxy) is 1. The van der Waals surface area contributed by atoms with Crippen molar-refractivity contribution in [3.05, 3.63) is 58.7 Å². The fourth-order valence-electron chi connectivity index (χ4n) is 5.76. The summed E-state index contributed by atoms with van der Waals surface area (Å²) in [5.74, 6) is 0.107. The number of carbonyl (C=O) groups excluding carboxylic acids is 2. The van der Waals surface area contributed by atoms with Crippen molar-refractivity contribution in [3.63, 3.8) is 0 Å². The van der Waals surface area contributed by atoms with Crippen LogP contribution in [0.1, 0.15) is 86.3 Å². The molecule has 0 N–H and O–H groups in total. The van der Waals surface area contributed by atoms with Crippen LogP contribution in [0, 0.1) is 13.8 Å². The summed E-state index contributed by atoms with van der Waals surface area (Å²) in [5.41, 5.74) is 8.34. The third-order valence-corrected chi connectivity index (χ3v) is 7.85. The van der Waals surface area contributed by atoms with E-state index in [1.807, 2.05) is 36.7 Å². The van der Waals surface area contributed by atoms with Crippen LogP contribution in [-0.4, -0.2) is 51.0 Å².